The molecule has 2 aromatic carbocycles. The second-order valence-corrected chi connectivity index (χ2v) is 7.96. The van der Waals surface area contributed by atoms with E-state index in [0.717, 1.165) is 0 Å². The van der Waals surface area contributed by atoms with Crippen LogP contribution >= 0.6 is 34.8 Å². The number of aliphatic hydroxyl groups excluding tert-OH is 1. The molecule has 2 heterocycles. The van der Waals surface area contributed by atoms with Gasteiger partial charge in [-0.05, 0) is 18.2 Å². The van der Waals surface area contributed by atoms with E-state index in [1.807, 2.05) is 0 Å². The lowest BCUT2D eigenvalue weighted by atomic mass is 9.74. The maximum absolute atomic E-state index is 12.7. The Balaban J connectivity index is 1.92. The number of allylic oxidation sites excluding steroid dienone is 2. The molecule has 1 spiro atoms. The van der Waals surface area contributed by atoms with Crippen molar-refractivity contribution < 1.29 is 24.5 Å². The first kappa shape index (κ1) is 17.7. The number of alkyl halides is 2. The van der Waals surface area contributed by atoms with Crippen LogP contribution in [0.4, 0.5) is 0 Å². The first-order valence-corrected chi connectivity index (χ1v) is 9.57. The van der Waals surface area contributed by atoms with Crippen molar-refractivity contribution >= 4 is 40.8 Å². The van der Waals surface area contributed by atoms with Gasteiger partial charge in [-0.15, -0.1) is 23.2 Å². The van der Waals surface area contributed by atoms with E-state index < -0.39 is 22.3 Å². The number of phenolic OH excluding ortho intramolecular Hbond substituents is 1. The fraction of sp³-hybridized carbons (Fsp3) is 0.150. The minimum atomic E-state index is -1.44. The van der Waals surface area contributed by atoms with E-state index in [9.17, 15) is 15.0 Å². The summed E-state index contributed by atoms with van der Waals surface area (Å²) in [6, 6.07) is 11.4. The van der Waals surface area contributed by atoms with Gasteiger partial charge in [-0.25, -0.2) is 4.79 Å². The highest BCUT2D eigenvalue weighted by molar-refractivity contribution is 6.37. The van der Waals surface area contributed by atoms with Crippen molar-refractivity contribution in [3.05, 3.63) is 81.3 Å². The van der Waals surface area contributed by atoms with E-state index in [-0.39, 0.29) is 28.0 Å². The van der Waals surface area contributed by atoms with Gasteiger partial charge in [0.2, 0.25) is 0 Å². The molecule has 0 bridgehead atoms. The number of carbonyl (C=O) groups excluding carboxylic acids is 1. The van der Waals surface area contributed by atoms with Crippen molar-refractivity contribution in [1.82, 2.24) is 0 Å². The van der Waals surface area contributed by atoms with Crippen LogP contribution in [0.2, 0.25) is 0 Å². The molecule has 2 N–H and O–H groups in total. The Morgan fingerprint density at radius 1 is 1.00 bits per heavy atom. The third kappa shape index (κ3) is 2.07. The van der Waals surface area contributed by atoms with Crippen LogP contribution in [0.5, 0.6) is 11.5 Å². The molecular weight excluding hydrogens is 427 g/mol. The summed E-state index contributed by atoms with van der Waals surface area (Å²) in [5.41, 5.74) is 0.296. The molecule has 0 radical (unpaired) electrons. The normalized spacial score (nSPS) is 27.9. The second-order valence-electron chi connectivity index (χ2n) is 6.64. The summed E-state index contributed by atoms with van der Waals surface area (Å²) in [5.74, 6) is -0.634. The third-order valence-corrected chi connectivity index (χ3v) is 6.59. The summed E-state index contributed by atoms with van der Waals surface area (Å²) in [6.07, 6.45) is 0. The Hall–Kier alpha value is -2.34. The van der Waals surface area contributed by atoms with Gasteiger partial charge >= 0.3 is 5.97 Å². The van der Waals surface area contributed by atoms with E-state index in [0.29, 0.717) is 22.3 Å². The summed E-state index contributed by atoms with van der Waals surface area (Å²) in [7, 11) is 0. The highest BCUT2D eigenvalue weighted by atomic mass is 35.5. The van der Waals surface area contributed by atoms with Gasteiger partial charge in [-0.1, -0.05) is 29.8 Å². The zero-order chi connectivity index (χ0) is 19.8. The number of hydrogen-bond acceptors (Lipinski definition) is 5. The Morgan fingerprint density at radius 2 is 1.75 bits per heavy atom. The van der Waals surface area contributed by atoms with Crippen LogP contribution in [0.15, 0.2) is 64.6 Å². The standard InChI is InChI=1S/C20H11Cl3O5/c21-14-13-18(16(23)17(25)15(14)22)27-12-7-8(24)5-6-11(12)20(13)10-4-2-1-3-9(10)19(26)28-20/h1-7,14-15,24-25H. The number of aliphatic hydroxyl groups is 1. The largest absolute Gasteiger partial charge is 0.509 e. The smallest absolute Gasteiger partial charge is 0.340 e. The topological polar surface area (TPSA) is 76.0 Å². The molecule has 3 aliphatic rings. The van der Waals surface area contributed by atoms with Gasteiger partial charge in [0.15, 0.2) is 11.4 Å². The van der Waals surface area contributed by atoms with Crippen molar-refractivity contribution in [1.29, 1.82) is 0 Å². The number of esters is 1. The lowest BCUT2D eigenvalue weighted by Crippen LogP contribution is -2.44. The van der Waals surface area contributed by atoms with Crippen LogP contribution < -0.4 is 4.74 Å². The Labute approximate surface area is 174 Å². The van der Waals surface area contributed by atoms with Crippen molar-refractivity contribution in [3.63, 3.8) is 0 Å². The predicted molar refractivity (Wildman–Crippen MR) is 103 cm³/mol. The van der Waals surface area contributed by atoms with Gasteiger partial charge < -0.3 is 19.7 Å². The maximum atomic E-state index is 12.7. The molecular formula is C20H11Cl3O5. The number of rotatable bonds is 0. The molecule has 28 heavy (non-hydrogen) atoms. The van der Waals surface area contributed by atoms with Gasteiger partial charge in [0.25, 0.3) is 0 Å². The highest BCUT2D eigenvalue weighted by Crippen LogP contribution is 2.58. The quantitative estimate of drug-likeness (QED) is 0.462. The molecule has 5 rings (SSSR count). The Bertz CT molecular complexity index is 1120. The van der Waals surface area contributed by atoms with E-state index in [1.54, 1.807) is 30.3 Å². The van der Waals surface area contributed by atoms with Gasteiger partial charge in [0, 0.05) is 22.8 Å². The fourth-order valence-corrected chi connectivity index (χ4v) is 4.90. The molecule has 0 saturated heterocycles. The van der Waals surface area contributed by atoms with Crippen molar-refractivity contribution in [2.24, 2.45) is 0 Å². The van der Waals surface area contributed by atoms with E-state index in [2.05, 4.69) is 0 Å². The maximum Gasteiger partial charge on any atom is 0.340 e. The van der Waals surface area contributed by atoms with Crippen molar-refractivity contribution in [3.8, 4) is 11.5 Å². The van der Waals surface area contributed by atoms with Crippen LogP contribution in [0.3, 0.4) is 0 Å². The van der Waals surface area contributed by atoms with E-state index >= 15 is 0 Å². The monoisotopic (exact) mass is 436 g/mol. The zero-order valence-electron chi connectivity index (χ0n) is 13.9. The summed E-state index contributed by atoms with van der Waals surface area (Å²) >= 11 is 19.3. The van der Waals surface area contributed by atoms with Gasteiger partial charge in [-0.2, -0.15) is 0 Å². The highest BCUT2D eigenvalue weighted by Gasteiger charge is 2.59. The average Bonchev–Trinajstić information content (AvgIpc) is 2.97. The molecule has 0 saturated carbocycles. The molecule has 142 valence electrons. The number of phenols is 1. The lowest BCUT2D eigenvalue weighted by molar-refractivity contribution is 0.0190. The SMILES string of the molecule is O=C1OC2(C3=C(Oc4cc(O)ccc42)C(Cl)=C(O)C(Cl)C3Cl)c2ccccc21. The number of fused-ring (bicyclic) bond motifs is 5. The first-order chi connectivity index (χ1) is 13.4. The zero-order valence-corrected chi connectivity index (χ0v) is 16.2. The average molecular weight is 438 g/mol. The van der Waals surface area contributed by atoms with E-state index in [1.165, 1.54) is 12.1 Å². The summed E-state index contributed by atoms with van der Waals surface area (Å²) in [6.45, 7) is 0. The fourth-order valence-electron chi connectivity index (χ4n) is 3.98. The van der Waals surface area contributed by atoms with Crippen LogP contribution in [0.25, 0.3) is 0 Å². The minimum absolute atomic E-state index is 0.0478. The number of benzene rings is 2. The minimum Gasteiger partial charge on any atom is -0.509 e. The number of hydrogen-bond donors (Lipinski definition) is 2. The molecule has 8 heteroatoms. The molecule has 0 amide bonds. The number of aromatic hydroxyl groups is 1. The molecule has 5 nitrogen and oxygen atoms in total. The Kier molecular flexibility index (Phi) is 3.69. The molecule has 1 aliphatic carbocycles. The van der Waals surface area contributed by atoms with E-state index in [4.69, 9.17) is 44.3 Å². The van der Waals surface area contributed by atoms with Gasteiger partial charge in [-0.3, -0.25) is 0 Å². The summed E-state index contributed by atoms with van der Waals surface area (Å²) in [4.78, 5) is 12.7. The van der Waals surface area contributed by atoms with Crippen LogP contribution in [-0.4, -0.2) is 26.9 Å². The summed E-state index contributed by atoms with van der Waals surface area (Å²) < 4.78 is 11.8. The molecule has 0 fully saturated rings. The molecule has 3 unspecified atom stereocenters. The van der Waals surface area contributed by atoms with Gasteiger partial charge in [0.05, 0.1) is 10.9 Å². The van der Waals surface area contributed by atoms with Crippen LogP contribution in [-0.2, 0) is 10.3 Å². The first-order valence-electron chi connectivity index (χ1n) is 8.32. The van der Waals surface area contributed by atoms with Crippen LogP contribution in [0.1, 0.15) is 21.5 Å². The summed E-state index contributed by atoms with van der Waals surface area (Å²) in [5, 5.41) is 18.1. The lowest BCUT2D eigenvalue weighted by Gasteiger charge is -2.42. The van der Waals surface area contributed by atoms with Gasteiger partial charge in [0.1, 0.15) is 27.7 Å². The molecule has 2 aliphatic heterocycles. The van der Waals surface area contributed by atoms with Crippen molar-refractivity contribution in [2.75, 3.05) is 0 Å². The number of ether oxygens (including phenoxy) is 2. The molecule has 2 aromatic rings. The second kappa shape index (κ2) is 5.83. The van der Waals surface area contributed by atoms with Crippen LogP contribution in [0, 0.1) is 0 Å². The third-order valence-electron chi connectivity index (χ3n) is 5.17. The number of carbonyl (C=O) groups is 1. The number of halogens is 3. The molecule has 0 aromatic heterocycles. The molecule has 3 atom stereocenters. The van der Waals surface area contributed by atoms with Crippen molar-refractivity contribution in [2.45, 2.75) is 16.4 Å². The predicted octanol–water partition coefficient (Wildman–Crippen LogP) is 4.69. The Morgan fingerprint density at radius 3 is 2.54 bits per heavy atom.